The van der Waals surface area contributed by atoms with Gasteiger partial charge in [0.05, 0.1) is 19.4 Å². The average molecular weight is 427 g/mol. The zero-order chi connectivity index (χ0) is 22.5. The lowest BCUT2D eigenvalue weighted by atomic mass is 10.2. The number of benzene rings is 2. The van der Waals surface area contributed by atoms with Crippen LogP contribution in [0, 0.1) is 0 Å². The maximum atomic E-state index is 11.9. The predicted molar refractivity (Wildman–Crippen MR) is 115 cm³/mol. The first-order chi connectivity index (χ1) is 15.0. The summed E-state index contributed by atoms with van der Waals surface area (Å²) in [5, 5.41) is 6.48. The van der Waals surface area contributed by atoms with Crippen molar-refractivity contribution >= 4 is 29.7 Å². The summed E-state index contributed by atoms with van der Waals surface area (Å²) in [6.07, 6.45) is 1.04. The SMILES string of the molecule is CCOC(=O)COc1ccc(C=NNC(=O)CC(=O)Nc2ccccc2)cc1OCC. The molecule has 9 heteroatoms. The van der Waals surface area contributed by atoms with Gasteiger partial charge in [-0.25, -0.2) is 10.2 Å². The van der Waals surface area contributed by atoms with Crippen molar-refractivity contribution in [2.45, 2.75) is 20.3 Å². The first-order valence-corrected chi connectivity index (χ1v) is 9.73. The van der Waals surface area contributed by atoms with Gasteiger partial charge in [-0.2, -0.15) is 5.10 Å². The van der Waals surface area contributed by atoms with E-state index >= 15 is 0 Å². The van der Waals surface area contributed by atoms with Crippen LogP contribution in [0.1, 0.15) is 25.8 Å². The smallest absolute Gasteiger partial charge is 0.344 e. The van der Waals surface area contributed by atoms with Crippen LogP contribution < -0.4 is 20.2 Å². The number of ether oxygens (including phenoxy) is 3. The normalized spacial score (nSPS) is 10.4. The summed E-state index contributed by atoms with van der Waals surface area (Å²) >= 11 is 0. The second-order valence-electron chi connectivity index (χ2n) is 6.12. The minimum absolute atomic E-state index is 0.234. The van der Waals surface area contributed by atoms with Gasteiger partial charge in [0, 0.05) is 5.69 Å². The Labute approximate surface area is 180 Å². The lowest BCUT2D eigenvalue weighted by Gasteiger charge is -2.12. The number of nitrogens with zero attached hydrogens (tertiary/aromatic N) is 1. The molecule has 0 saturated heterocycles. The molecule has 164 valence electrons. The van der Waals surface area contributed by atoms with E-state index in [9.17, 15) is 14.4 Å². The molecule has 0 atom stereocenters. The Bertz CT molecular complexity index is 915. The fourth-order valence-corrected chi connectivity index (χ4v) is 2.42. The molecule has 31 heavy (non-hydrogen) atoms. The number of para-hydroxylation sites is 1. The molecule has 0 bridgehead atoms. The highest BCUT2D eigenvalue weighted by molar-refractivity contribution is 6.03. The van der Waals surface area contributed by atoms with Crippen molar-refractivity contribution in [1.82, 2.24) is 5.43 Å². The molecule has 0 aliphatic heterocycles. The molecule has 2 aromatic rings. The molecule has 0 fully saturated rings. The second kappa shape index (κ2) is 12.6. The van der Waals surface area contributed by atoms with Crippen molar-refractivity contribution < 1.29 is 28.6 Å². The van der Waals surface area contributed by atoms with Crippen LogP contribution in [0.25, 0.3) is 0 Å². The molecule has 0 heterocycles. The third kappa shape index (κ3) is 8.57. The van der Waals surface area contributed by atoms with Crippen LogP contribution in [0.2, 0.25) is 0 Å². The Hall–Kier alpha value is -3.88. The topological polar surface area (TPSA) is 115 Å². The zero-order valence-electron chi connectivity index (χ0n) is 17.4. The summed E-state index contributed by atoms with van der Waals surface area (Å²) in [5.41, 5.74) is 3.54. The molecule has 0 aromatic heterocycles. The van der Waals surface area contributed by atoms with Gasteiger partial charge in [-0.3, -0.25) is 9.59 Å². The molecular formula is C22H25N3O6. The molecule has 0 saturated carbocycles. The summed E-state index contributed by atoms with van der Waals surface area (Å²) in [6.45, 7) is 3.96. The van der Waals surface area contributed by atoms with Gasteiger partial charge in [0.2, 0.25) is 11.8 Å². The van der Waals surface area contributed by atoms with E-state index in [0.717, 1.165) is 0 Å². The molecule has 2 N–H and O–H groups in total. The standard InChI is InChI=1S/C22H25N3O6/c1-3-29-19-12-16(10-11-18(19)31-15-22(28)30-4-2)14-23-25-21(27)13-20(26)24-17-8-6-5-7-9-17/h5-12,14H,3-4,13,15H2,1-2H3,(H,24,26)(H,25,27). The number of nitrogens with one attached hydrogen (secondary N) is 2. The number of anilines is 1. The van der Waals surface area contributed by atoms with E-state index in [1.807, 2.05) is 13.0 Å². The number of hydrazone groups is 1. The summed E-state index contributed by atoms with van der Waals surface area (Å²) in [5.74, 6) is -0.669. The highest BCUT2D eigenvalue weighted by atomic mass is 16.6. The van der Waals surface area contributed by atoms with Crippen molar-refractivity contribution in [2.24, 2.45) is 5.10 Å². The van der Waals surface area contributed by atoms with Gasteiger partial charge in [0.1, 0.15) is 6.42 Å². The number of hydrogen-bond donors (Lipinski definition) is 2. The maximum absolute atomic E-state index is 11.9. The largest absolute Gasteiger partial charge is 0.490 e. The maximum Gasteiger partial charge on any atom is 0.344 e. The third-order valence-corrected chi connectivity index (χ3v) is 3.70. The number of amides is 2. The summed E-state index contributed by atoms with van der Waals surface area (Å²) in [6, 6.07) is 13.8. The summed E-state index contributed by atoms with van der Waals surface area (Å²) < 4.78 is 15.8. The molecule has 0 unspecified atom stereocenters. The van der Waals surface area contributed by atoms with E-state index in [1.54, 1.807) is 49.4 Å². The Morgan fingerprint density at radius 2 is 1.71 bits per heavy atom. The van der Waals surface area contributed by atoms with Crippen molar-refractivity contribution in [3.05, 3.63) is 54.1 Å². The van der Waals surface area contributed by atoms with Crippen LogP contribution in [0.15, 0.2) is 53.6 Å². The second-order valence-corrected chi connectivity index (χ2v) is 6.12. The first-order valence-electron chi connectivity index (χ1n) is 9.73. The van der Waals surface area contributed by atoms with Crippen molar-refractivity contribution in [3.63, 3.8) is 0 Å². The highest BCUT2D eigenvalue weighted by Gasteiger charge is 2.10. The fourth-order valence-electron chi connectivity index (χ4n) is 2.42. The molecular weight excluding hydrogens is 402 g/mol. The Balaban J connectivity index is 1.89. The summed E-state index contributed by atoms with van der Waals surface area (Å²) in [4.78, 5) is 35.2. The molecule has 0 radical (unpaired) electrons. The van der Waals surface area contributed by atoms with Gasteiger partial charge >= 0.3 is 5.97 Å². The Kier molecular flexibility index (Phi) is 9.54. The van der Waals surface area contributed by atoms with E-state index in [2.05, 4.69) is 15.8 Å². The monoisotopic (exact) mass is 427 g/mol. The quantitative estimate of drug-likeness (QED) is 0.246. The van der Waals surface area contributed by atoms with Crippen molar-refractivity contribution in [2.75, 3.05) is 25.1 Å². The van der Waals surface area contributed by atoms with Crippen LogP contribution in [0.3, 0.4) is 0 Å². The number of rotatable bonds is 11. The minimum Gasteiger partial charge on any atom is -0.490 e. The van der Waals surface area contributed by atoms with Gasteiger partial charge in [-0.05, 0) is 49.7 Å². The Morgan fingerprint density at radius 1 is 0.935 bits per heavy atom. The molecule has 0 aliphatic carbocycles. The van der Waals surface area contributed by atoms with Crippen LogP contribution in [-0.2, 0) is 19.1 Å². The number of carbonyl (C=O) groups is 3. The minimum atomic E-state index is -0.552. The average Bonchev–Trinajstić information content (AvgIpc) is 2.74. The zero-order valence-corrected chi connectivity index (χ0v) is 17.4. The van der Waals surface area contributed by atoms with Crippen LogP contribution in [0.5, 0.6) is 11.5 Å². The third-order valence-electron chi connectivity index (χ3n) is 3.70. The number of esters is 1. The number of carbonyl (C=O) groups excluding carboxylic acids is 3. The lowest BCUT2D eigenvalue weighted by molar-refractivity contribution is -0.145. The highest BCUT2D eigenvalue weighted by Crippen LogP contribution is 2.28. The van der Waals surface area contributed by atoms with Crippen LogP contribution in [0.4, 0.5) is 5.69 Å². The van der Waals surface area contributed by atoms with Crippen molar-refractivity contribution in [1.29, 1.82) is 0 Å². The van der Waals surface area contributed by atoms with E-state index in [4.69, 9.17) is 14.2 Å². The van der Waals surface area contributed by atoms with Gasteiger partial charge in [0.25, 0.3) is 0 Å². The van der Waals surface area contributed by atoms with E-state index in [0.29, 0.717) is 29.4 Å². The lowest BCUT2D eigenvalue weighted by Crippen LogP contribution is -2.24. The number of hydrogen-bond acceptors (Lipinski definition) is 7. The van der Waals surface area contributed by atoms with Crippen molar-refractivity contribution in [3.8, 4) is 11.5 Å². The van der Waals surface area contributed by atoms with Crippen LogP contribution in [-0.4, -0.2) is 43.8 Å². The Morgan fingerprint density at radius 3 is 2.42 bits per heavy atom. The molecule has 2 rings (SSSR count). The van der Waals surface area contributed by atoms with E-state index in [-0.39, 0.29) is 19.6 Å². The predicted octanol–water partition coefficient (Wildman–Crippen LogP) is 2.51. The molecule has 2 aromatic carbocycles. The van der Waals surface area contributed by atoms with Gasteiger partial charge in [-0.15, -0.1) is 0 Å². The molecule has 0 spiro atoms. The molecule has 0 aliphatic rings. The van der Waals surface area contributed by atoms with Gasteiger partial charge in [0.15, 0.2) is 18.1 Å². The first kappa shape index (κ1) is 23.4. The van der Waals surface area contributed by atoms with Crippen LogP contribution >= 0.6 is 0 Å². The van der Waals surface area contributed by atoms with E-state index < -0.39 is 17.8 Å². The fraction of sp³-hybridized carbons (Fsp3) is 0.273. The van der Waals surface area contributed by atoms with Gasteiger partial charge in [-0.1, -0.05) is 18.2 Å². The van der Waals surface area contributed by atoms with Gasteiger partial charge < -0.3 is 19.5 Å². The molecule has 9 nitrogen and oxygen atoms in total. The molecule has 2 amide bonds. The van der Waals surface area contributed by atoms with E-state index in [1.165, 1.54) is 6.21 Å². The summed E-state index contributed by atoms with van der Waals surface area (Å²) in [7, 11) is 0.